The van der Waals surface area contributed by atoms with Gasteiger partial charge in [-0.05, 0) is 49.7 Å². The summed E-state index contributed by atoms with van der Waals surface area (Å²) in [6.45, 7) is 7.31. The Kier molecular flexibility index (Phi) is 6.87. The maximum atomic E-state index is 12.2. The van der Waals surface area contributed by atoms with E-state index in [4.69, 9.17) is 9.84 Å². The van der Waals surface area contributed by atoms with Crippen molar-refractivity contribution in [2.45, 2.75) is 26.2 Å². The second kappa shape index (κ2) is 10.4. The molecule has 1 atom stereocenters. The molecule has 0 amide bonds. The van der Waals surface area contributed by atoms with E-state index in [1.165, 1.54) is 11.3 Å². The Morgan fingerprint density at radius 1 is 0.917 bits per heavy atom. The van der Waals surface area contributed by atoms with E-state index in [1.54, 1.807) is 0 Å². The van der Waals surface area contributed by atoms with Crippen molar-refractivity contribution in [2.24, 2.45) is 0 Å². The average Bonchev–Trinajstić information content (AvgIpc) is 3.32. The summed E-state index contributed by atoms with van der Waals surface area (Å²) in [6, 6.07) is 26.5. The van der Waals surface area contributed by atoms with Gasteiger partial charge < -0.3 is 14.7 Å². The molecular weight excluding hydrogens is 450 g/mol. The van der Waals surface area contributed by atoms with Crippen LogP contribution < -0.4 is 4.90 Å². The van der Waals surface area contributed by atoms with Crippen LogP contribution in [-0.2, 0) is 16.0 Å². The molecule has 5 rings (SSSR count). The van der Waals surface area contributed by atoms with Gasteiger partial charge in [0.25, 0.3) is 0 Å². The zero-order chi connectivity index (χ0) is 25.1. The van der Waals surface area contributed by atoms with Gasteiger partial charge in [0.15, 0.2) is 0 Å². The first kappa shape index (κ1) is 23.8. The predicted octanol–water partition coefficient (Wildman–Crippen LogP) is 5.40. The van der Waals surface area contributed by atoms with Gasteiger partial charge in [0, 0.05) is 30.8 Å². The number of hydrogen-bond donors (Lipinski definition) is 1. The lowest BCUT2D eigenvalue weighted by Crippen LogP contribution is -2.36. The molecule has 1 saturated heterocycles. The van der Waals surface area contributed by atoms with Gasteiger partial charge in [-0.3, -0.25) is 4.79 Å². The molecule has 1 aromatic heterocycles. The first-order valence-electron chi connectivity index (χ1n) is 12.4. The Bertz CT molecular complexity index is 1340. The summed E-state index contributed by atoms with van der Waals surface area (Å²) in [6.07, 6.45) is 0.316. The molecule has 184 valence electrons. The number of nitrogens with zero attached hydrogens (tertiary/aromatic N) is 3. The van der Waals surface area contributed by atoms with Crippen molar-refractivity contribution < 1.29 is 14.6 Å². The maximum absolute atomic E-state index is 12.2. The minimum Gasteiger partial charge on any atom is -0.481 e. The topological polar surface area (TPSA) is 67.6 Å². The zero-order valence-electron chi connectivity index (χ0n) is 20.7. The highest BCUT2D eigenvalue weighted by Crippen LogP contribution is 2.29. The van der Waals surface area contributed by atoms with Gasteiger partial charge >= 0.3 is 5.97 Å². The summed E-state index contributed by atoms with van der Waals surface area (Å²) in [5.41, 5.74) is 7.86. The molecule has 1 aliphatic rings. The van der Waals surface area contributed by atoms with E-state index in [0.29, 0.717) is 6.42 Å². The van der Waals surface area contributed by atoms with Crippen LogP contribution in [0.4, 0.5) is 5.69 Å². The van der Waals surface area contributed by atoms with Crippen LogP contribution in [0.15, 0.2) is 78.9 Å². The number of carboxylic acid groups (broad SMARTS) is 1. The Morgan fingerprint density at radius 2 is 1.61 bits per heavy atom. The molecule has 3 aromatic carbocycles. The van der Waals surface area contributed by atoms with Crippen LogP contribution >= 0.6 is 0 Å². The normalized spacial score (nSPS) is 14.6. The highest BCUT2D eigenvalue weighted by molar-refractivity contribution is 5.76. The van der Waals surface area contributed by atoms with Gasteiger partial charge in [-0.2, -0.15) is 5.10 Å². The number of hydrogen-bond acceptors (Lipinski definition) is 4. The Morgan fingerprint density at radius 3 is 2.28 bits per heavy atom. The molecule has 0 bridgehead atoms. The number of aryl methyl sites for hydroxylation is 2. The number of aromatic nitrogens is 2. The molecule has 0 aliphatic carbocycles. The van der Waals surface area contributed by atoms with Gasteiger partial charge in [-0.1, -0.05) is 59.7 Å². The van der Waals surface area contributed by atoms with Gasteiger partial charge in [0.2, 0.25) is 0 Å². The second-order valence-electron chi connectivity index (χ2n) is 9.42. The van der Waals surface area contributed by atoms with Crippen molar-refractivity contribution in [3.05, 3.63) is 101 Å². The molecule has 0 saturated carbocycles. The van der Waals surface area contributed by atoms with Crippen LogP contribution in [0.1, 0.15) is 28.3 Å². The molecule has 1 unspecified atom stereocenters. The second-order valence-corrected chi connectivity index (χ2v) is 9.42. The summed E-state index contributed by atoms with van der Waals surface area (Å²) in [7, 11) is 0. The lowest BCUT2D eigenvalue weighted by atomic mass is 9.93. The van der Waals surface area contributed by atoms with Crippen LogP contribution in [0.5, 0.6) is 0 Å². The monoisotopic (exact) mass is 481 g/mol. The van der Waals surface area contributed by atoms with Crippen LogP contribution in [0.25, 0.3) is 16.9 Å². The lowest BCUT2D eigenvalue weighted by molar-refractivity contribution is -0.138. The molecule has 1 fully saturated rings. The van der Waals surface area contributed by atoms with Crippen molar-refractivity contribution >= 4 is 11.7 Å². The molecule has 2 heterocycles. The molecule has 4 aromatic rings. The number of anilines is 1. The summed E-state index contributed by atoms with van der Waals surface area (Å²) < 4.78 is 7.41. The number of carboxylic acids is 1. The summed E-state index contributed by atoms with van der Waals surface area (Å²) in [4.78, 5) is 14.6. The molecule has 6 heteroatoms. The van der Waals surface area contributed by atoms with E-state index in [0.717, 1.165) is 60.1 Å². The third kappa shape index (κ3) is 5.19. The number of ether oxygens (including phenoxy) is 1. The van der Waals surface area contributed by atoms with E-state index in [1.807, 2.05) is 54.1 Å². The molecule has 1 N–H and O–H groups in total. The van der Waals surface area contributed by atoms with Crippen molar-refractivity contribution in [3.63, 3.8) is 0 Å². The first-order valence-corrected chi connectivity index (χ1v) is 12.4. The average molecular weight is 482 g/mol. The smallest absolute Gasteiger partial charge is 0.311 e. The minimum atomic E-state index is -0.845. The zero-order valence-corrected chi connectivity index (χ0v) is 20.7. The van der Waals surface area contributed by atoms with Crippen LogP contribution in [-0.4, -0.2) is 47.2 Å². The number of rotatable bonds is 7. The highest BCUT2D eigenvalue weighted by Gasteiger charge is 2.23. The number of aliphatic carboxylic acids is 1. The third-order valence-electron chi connectivity index (χ3n) is 6.73. The maximum Gasteiger partial charge on any atom is 0.311 e. The lowest BCUT2D eigenvalue weighted by Gasteiger charge is -2.28. The largest absolute Gasteiger partial charge is 0.481 e. The summed E-state index contributed by atoms with van der Waals surface area (Å²) in [5, 5.41) is 14.9. The van der Waals surface area contributed by atoms with Crippen molar-refractivity contribution in [1.82, 2.24) is 9.78 Å². The van der Waals surface area contributed by atoms with Gasteiger partial charge in [0.1, 0.15) is 0 Å². The molecule has 0 radical (unpaired) electrons. The fourth-order valence-electron chi connectivity index (χ4n) is 4.73. The van der Waals surface area contributed by atoms with Crippen LogP contribution in [0.2, 0.25) is 0 Å². The van der Waals surface area contributed by atoms with E-state index >= 15 is 0 Å². The Balaban J connectivity index is 1.51. The fourth-order valence-corrected chi connectivity index (χ4v) is 4.73. The van der Waals surface area contributed by atoms with Crippen molar-refractivity contribution in [2.75, 3.05) is 31.2 Å². The SMILES string of the molecule is Cc1ccc(-n2nc(CC(C(=O)O)c3cccc(C)c3)cc2-c2ccc(N3CCOCC3)cc2)cc1. The van der Waals surface area contributed by atoms with E-state index in [2.05, 4.69) is 48.2 Å². The van der Waals surface area contributed by atoms with Crippen LogP contribution in [0, 0.1) is 13.8 Å². The number of benzene rings is 3. The predicted molar refractivity (Wildman–Crippen MR) is 142 cm³/mol. The van der Waals surface area contributed by atoms with Gasteiger partial charge in [0.05, 0.1) is 36.2 Å². The van der Waals surface area contributed by atoms with E-state index < -0.39 is 11.9 Å². The molecule has 36 heavy (non-hydrogen) atoms. The number of carbonyl (C=O) groups is 1. The standard InChI is InChI=1S/C30H31N3O3/c1-21-6-10-27(11-7-21)33-29(23-8-12-26(13-9-23)32-14-16-36-17-15-32)20-25(31-33)19-28(30(34)35)24-5-3-4-22(2)18-24/h3-13,18,20,28H,14-17,19H2,1-2H3,(H,34,35). The quantitative estimate of drug-likeness (QED) is 0.383. The molecular formula is C30H31N3O3. The molecule has 0 spiro atoms. The summed E-state index contributed by atoms with van der Waals surface area (Å²) >= 11 is 0. The van der Waals surface area contributed by atoms with E-state index in [9.17, 15) is 9.90 Å². The Labute approximate surface area is 211 Å². The minimum absolute atomic E-state index is 0.316. The first-order chi connectivity index (χ1) is 17.5. The van der Waals surface area contributed by atoms with Gasteiger partial charge in [-0.15, -0.1) is 0 Å². The van der Waals surface area contributed by atoms with Crippen molar-refractivity contribution in [3.8, 4) is 16.9 Å². The van der Waals surface area contributed by atoms with Gasteiger partial charge in [-0.25, -0.2) is 4.68 Å². The summed E-state index contributed by atoms with van der Waals surface area (Å²) in [5.74, 6) is -1.51. The van der Waals surface area contributed by atoms with Crippen molar-refractivity contribution in [1.29, 1.82) is 0 Å². The Hall–Kier alpha value is -3.90. The number of morpholine rings is 1. The van der Waals surface area contributed by atoms with E-state index in [-0.39, 0.29) is 0 Å². The fraction of sp³-hybridized carbons (Fsp3) is 0.267. The highest BCUT2D eigenvalue weighted by atomic mass is 16.5. The molecule has 1 aliphatic heterocycles. The van der Waals surface area contributed by atoms with Crippen LogP contribution in [0.3, 0.4) is 0 Å². The third-order valence-corrected chi connectivity index (χ3v) is 6.73. The molecule has 6 nitrogen and oxygen atoms in total.